The van der Waals surface area contributed by atoms with E-state index in [1.807, 2.05) is 36.4 Å². The number of aromatic nitrogens is 2. The molecule has 11 heteroatoms. The molecule has 0 saturated carbocycles. The van der Waals surface area contributed by atoms with E-state index in [4.69, 9.17) is 14.2 Å². The number of methoxy groups -OCH3 is 1. The number of aliphatic hydroxyl groups is 1. The molecule has 2 aromatic heterocycles. The second kappa shape index (κ2) is 11.8. The van der Waals surface area contributed by atoms with Crippen LogP contribution in [0.1, 0.15) is 32.6 Å². The maximum atomic E-state index is 13.5. The van der Waals surface area contributed by atoms with Crippen LogP contribution in [0.2, 0.25) is 0 Å². The van der Waals surface area contributed by atoms with Crippen molar-refractivity contribution in [1.82, 2.24) is 9.97 Å². The Bertz CT molecular complexity index is 2010. The molecule has 8 nitrogen and oxygen atoms in total. The number of anilines is 1. The normalized spacial score (nSPS) is 16.0. The molecule has 0 spiro atoms. The summed E-state index contributed by atoms with van der Waals surface area (Å²) in [6, 6.07) is 22.9. The lowest BCUT2D eigenvalue weighted by Crippen LogP contribution is -2.27. The maximum Gasteiger partial charge on any atom is 0.257 e. The molecular formula is C33H26FN3O5S2. The Labute approximate surface area is 259 Å². The van der Waals surface area contributed by atoms with Gasteiger partial charge in [0, 0.05) is 23.1 Å². The summed E-state index contributed by atoms with van der Waals surface area (Å²) in [6.45, 7) is 0.556. The maximum absolute atomic E-state index is 13.5. The largest absolute Gasteiger partial charge is 0.494 e. The number of amides is 1. The van der Waals surface area contributed by atoms with Gasteiger partial charge in [0.15, 0.2) is 5.13 Å². The molecule has 1 aliphatic heterocycles. The van der Waals surface area contributed by atoms with Crippen molar-refractivity contribution in [3.63, 3.8) is 0 Å². The summed E-state index contributed by atoms with van der Waals surface area (Å²) in [7, 11) is 1.59. The molecule has 6 aromatic rings. The van der Waals surface area contributed by atoms with Crippen LogP contribution in [0.15, 0.2) is 78.9 Å². The van der Waals surface area contributed by atoms with Gasteiger partial charge in [0.2, 0.25) is 0 Å². The van der Waals surface area contributed by atoms with E-state index in [0.717, 1.165) is 20.0 Å². The topological polar surface area (TPSA) is 103 Å². The first-order valence-corrected chi connectivity index (χ1v) is 15.5. The number of benzene rings is 4. The smallest absolute Gasteiger partial charge is 0.257 e. The van der Waals surface area contributed by atoms with E-state index in [-0.39, 0.29) is 24.2 Å². The van der Waals surface area contributed by atoms with E-state index >= 15 is 0 Å². The highest BCUT2D eigenvalue weighted by molar-refractivity contribution is 7.22. The highest BCUT2D eigenvalue weighted by Gasteiger charge is 2.30. The van der Waals surface area contributed by atoms with Gasteiger partial charge in [-0.25, -0.2) is 14.4 Å². The average molecular weight is 628 g/mol. The lowest BCUT2D eigenvalue weighted by molar-refractivity contribution is 0.0504. The molecule has 2 unspecified atom stereocenters. The van der Waals surface area contributed by atoms with Crippen LogP contribution < -0.4 is 19.5 Å². The Morgan fingerprint density at radius 3 is 2.82 bits per heavy atom. The van der Waals surface area contributed by atoms with E-state index in [1.54, 1.807) is 37.4 Å². The summed E-state index contributed by atoms with van der Waals surface area (Å²) in [4.78, 5) is 22.1. The van der Waals surface area contributed by atoms with Gasteiger partial charge in [-0.15, -0.1) is 11.3 Å². The van der Waals surface area contributed by atoms with Crippen molar-refractivity contribution >= 4 is 54.1 Å². The number of thiazole rings is 2. The van der Waals surface area contributed by atoms with Crippen molar-refractivity contribution in [2.45, 2.75) is 19.1 Å². The zero-order valence-electron chi connectivity index (χ0n) is 23.5. The molecular weight excluding hydrogens is 602 g/mol. The number of aliphatic hydroxyl groups excluding tert-OH is 1. The van der Waals surface area contributed by atoms with E-state index < -0.39 is 6.10 Å². The fourth-order valence-electron chi connectivity index (χ4n) is 5.30. The molecule has 1 amide bonds. The number of hydrogen-bond acceptors (Lipinski definition) is 9. The number of ether oxygens (including phenoxy) is 3. The van der Waals surface area contributed by atoms with Crippen LogP contribution in [0.4, 0.5) is 9.52 Å². The number of nitrogens with one attached hydrogen (secondary N) is 1. The molecule has 0 fully saturated rings. The Kier molecular flexibility index (Phi) is 7.59. The highest BCUT2D eigenvalue weighted by atomic mass is 32.1. The van der Waals surface area contributed by atoms with Crippen LogP contribution in [-0.4, -0.2) is 34.7 Å². The van der Waals surface area contributed by atoms with Gasteiger partial charge in [-0.1, -0.05) is 29.5 Å². The van der Waals surface area contributed by atoms with Crippen LogP contribution in [-0.2, 0) is 13.0 Å². The minimum absolute atomic E-state index is 0.222. The van der Waals surface area contributed by atoms with Crippen LogP contribution in [0, 0.1) is 11.7 Å². The first-order chi connectivity index (χ1) is 21.4. The zero-order chi connectivity index (χ0) is 30.2. The molecule has 2 N–H and O–H groups in total. The summed E-state index contributed by atoms with van der Waals surface area (Å²) in [5.74, 6) is 1.01. The molecule has 7 rings (SSSR count). The van der Waals surface area contributed by atoms with Crippen molar-refractivity contribution in [2.24, 2.45) is 5.92 Å². The number of para-hydroxylation sites is 1. The third kappa shape index (κ3) is 5.69. The van der Waals surface area contributed by atoms with Gasteiger partial charge >= 0.3 is 0 Å². The SMILES string of the molecule is COc1cccc2sc(NC(=O)c3cccc(CC4COc5ccc(OCc6nc7cc(F)ccc7s6)cc5C4O)c3)nc12. The summed E-state index contributed by atoms with van der Waals surface area (Å²) in [6.07, 6.45) is -0.282. The number of rotatable bonds is 8. The summed E-state index contributed by atoms with van der Waals surface area (Å²) in [5, 5.41) is 15.4. The predicted molar refractivity (Wildman–Crippen MR) is 169 cm³/mol. The van der Waals surface area contributed by atoms with Gasteiger partial charge in [-0.05, 0) is 66.6 Å². The lowest BCUT2D eigenvalue weighted by Gasteiger charge is -2.30. The lowest BCUT2D eigenvalue weighted by atomic mass is 9.87. The second-order valence-electron chi connectivity index (χ2n) is 10.4. The van der Waals surface area contributed by atoms with Crippen molar-refractivity contribution < 1.29 is 28.5 Å². The fraction of sp³-hybridized carbons (Fsp3) is 0.182. The van der Waals surface area contributed by atoms with E-state index in [0.29, 0.717) is 57.6 Å². The molecule has 0 bridgehead atoms. The van der Waals surface area contributed by atoms with Crippen LogP contribution in [0.25, 0.3) is 20.4 Å². The van der Waals surface area contributed by atoms with Crippen LogP contribution in [0.5, 0.6) is 17.2 Å². The number of fused-ring (bicyclic) bond motifs is 3. The van der Waals surface area contributed by atoms with E-state index in [1.165, 1.54) is 34.8 Å². The molecule has 2 atom stereocenters. The number of nitrogens with zero attached hydrogens (tertiary/aromatic N) is 2. The molecule has 1 aliphatic rings. The minimum atomic E-state index is -0.789. The highest BCUT2D eigenvalue weighted by Crippen LogP contribution is 2.39. The number of carbonyl (C=O) groups is 1. The van der Waals surface area contributed by atoms with Gasteiger partial charge in [0.1, 0.15) is 40.2 Å². The molecule has 0 saturated heterocycles. The molecule has 0 aliphatic carbocycles. The zero-order valence-corrected chi connectivity index (χ0v) is 25.1. The number of halogens is 1. The summed E-state index contributed by atoms with van der Waals surface area (Å²) >= 11 is 2.83. The first-order valence-electron chi connectivity index (χ1n) is 13.9. The van der Waals surface area contributed by atoms with Gasteiger partial charge in [0.25, 0.3) is 5.91 Å². The molecule has 3 heterocycles. The van der Waals surface area contributed by atoms with Gasteiger partial charge in [-0.3, -0.25) is 10.1 Å². The van der Waals surface area contributed by atoms with Gasteiger partial charge in [0.05, 0.1) is 34.7 Å². The third-order valence-electron chi connectivity index (χ3n) is 7.46. The number of carbonyl (C=O) groups excluding carboxylic acids is 1. The van der Waals surface area contributed by atoms with Gasteiger partial charge in [-0.2, -0.15) is 0 Å². The summed E-state index contributed by atoms with van der Waals surface area (Å²) < 4.78 is 32.7. The van der Waals surface area contributed by atoms with Crippen LogP contribution in [0.3, 0.4) is 0 Å². The molecule has 222 valence electrons. The Morgan fingerprint density at radius 2 is 1.93 bits per heavy atom. The third-order valence-corrected chi connectivity index (χ3v) is 9.41. The van der Waals surface area contributed by atoms with E-state index in [9.17, 15) is 14.3 Å². The van der Waals surface area contributed by atoms with Crippen LogP contribution >= 0.6 is 22.7 Å². The molecule has 0 radical (unpaired) electrons. The monoisotopic (exact) mass is 627 g/mol. The Balaban J connectivity index is 1.02. The van der Waals surface area contributed by atoms with Gasteiger partial charge < -0.3 is 19.3 Å². The molecule has 4 aromatic carbocycles. The first kappa shape index (κ1) is 28.2. The number of hydrogen-bond donors (Lipinski definition) is 2. The Morgan fingerprint density at radius 1 is 1.05 bits per heavy atom. The van der Waals surface area contributed by atoms with E-state index in [2.05, 4.69) is 15.3 Å². The standard InChI is InChI=1S/C33H26FN3O5S2/c1-40-26-6-3-7-28-30(26)36-33(44-28)37-32(39)19-5-2-4-18(12-19)13-20-16-42-25-10-9-22(15-23(25)31(20)38)41-17-29-35-24-14-21(34)8-11-27(24)43-29/h2-12,14-15,20,31,38H,13,16-17H2,1H3,(H,36,37,39). The average Bonchev–Trinajstić information content (AvgIpc) is 3.64. The van der Waals surface area contributed by atoms with Crippen molar-refractivity contribution in [3.8, 4) is 17.2 Å². The van der Waals surface area contributed by atoms with Crippen molar-refractivity contribution in [1.29, 1.82) is 0 Å². The van der Waals surface area contributed by atoms with Crippen molar-refractivity contribution in [3.05, 3.63) is 106 Å². The van der Waals surface area contributed by atoms with Crippen molar-refractivity contribution in [2.75, 3.05) is 19.0 Å². The second-order valence-corrected chi connectivity index (χ2v) is 12.6. The molecule has 44 heavy (non-hydrogen) atoms. The summed E-state index contributed by atoms with van der Waals surface area (Å²) in [5.41, 5.74) is 3.35. The minimum Gasteiger partial charge on any atom is -0.494 e. The Hall–Kier alpha value is -4.58. The quantitative estimate of drug-likeness (QED) is 0.184. The fourth-order valence-corrected chi connectivity index (χ4v) is 7.04. The predicted octanol–water partition coefficient (Wildman–Crippen LogP) is 7.17.